The Hall–Kier alpha value is -0.860. The van der Waals surface area contributed by atoms with Crippen LogP contribution in [0.3, 0.4) is 0 Å². The third kappa shape index (κ3) is 3.13. The van der Waals surface area contributed by atoms with Crippen LogP contribution in [0, 0.1) is 5.92 Å². The van der Waals surface area contributed by atoms with Gasteiger partial charge in [-0.15, -0.1) is 0 Å². The molecule has 0 aromatic carbocycles. The standard InChI is InChI=1S/C11H20N2O/c1-8(2)6-7-9-12-10(13-14-9)11(3,4)5/h8H,6-7H2,1-5H3. The van der Waals surface area contributed by atoms with Crippen molar-refractivity contribution in [1.29, 1.82) is 0 Å². The zero-order valence-corrected chi connectivity index (χ0v) is 9.79. The molecule has 0 saturated heterocycles. The molecule has 3 heteroatoms. The summed E-state index contributed by atoms with van der Waals surface area (Å²) in [5.74, 6) is 2.25. The zero-order chi connectivity index (χ0) is 10.8. The highest BCUT2D eigenvalue weighted by atomic mass is 16.5. The van der Waals surface area contributed by atoms with Gasteiger partial charge in [0.05, 0.1) is 0 Å². The van der Waals surface area contributed by atoms with E-state index < -0.39 is 0 Å². The molecule has 0 fully saturated rings. The largest absolute Gasteiger partial charge is 0.339 e. The van der Waals surface area contributed by atoms with Gasteiger partial charge in [0.15, 0.2) is 5.82 Å². The maximum absolute atomic E-state index is 5.18. The Kier molecular flexibility index (Phi) is 3.29. The molecule has 1 aromatic rings. The number of hydrogen-bond donors (Lipinski definition) is 0. The van der Waals surface area contributed by atoms with Gasteiger partial charge < -0.3 is 4.52 Å². The summed E-state index contributed by atoms with van der Waals surface area (Å²) in [5.41, 5.74) is -0.0143. The van der Waals surface area contributed by atoms with Crippen molar-refractivity contribution in [3.05, 3.63) is 11.7 Å². The van der Waals surface area contributed by atoms with E-state index >= 15 is 0 Å². The minimum Gasteiger partial charge on any atom is -0.339 e. The topological polar surface area (TPSA) is 38.9 Å². The molecular weight excluding hydrogens is 176 g/mol. The molecule has 0 atom stereocenters. The Labute approximate surface area is 85.9 Å². The summed E-state index contributed by atoms with van der Waals surface area (Å²) in [6.07, 6.45) is 1.99. The van der Waals surface area contributed by atoms with Crippen molar-refractivity contribution in [3.63, 3.8) is 0 Å². The maximum atomic E-state index is 5.18. The molecule has 14 heavy (non-hydrogen) atoms. The lowest BCUT2D eigenvalue weighted by Gasteiger charge is -2.10. The van der Waals surface area contributed by atoms with Crippen molar-refractivity contribution in [1.82, 2.24) is 10.1 Å². The fourth-order valence-corrected chi connectivity index (χ4v) is 1.07. The van der Waals surface area contributed by atoms with E-state index in [2.05, 4.69) is 44.8 Å². The van der Waals surface area contributed by atoms with Crippen LogP contribution in [0.4, 0.5) is 0 Å². The van der Waals surface area contributed by atoms with Crippen molar-refractivity contribution in [2.45, 2.75) is 52.9 Å². The number of aromatic nitrogens is 2. The van der Waals surface area contributed by atoms with Crippen LogP contribution < -0.4 is 0 Å². The van der Waals surface area contributed by atoms with Crippen molar-refractivity contribution < 1.29 is 4.52 Å². The van der Waals surface area contributed by atoms with Crippen LogP contribution in [0.1, 0.15) is 52.8 Å². The predicted octanol–water partition coefficient (Wildman–Crippen LogP) is 2.96. The summed E-state index contributed by atoms with van der Waals surface area (Å²) in [5, 5.41) is 3.98. The number of nitrogens with zero attached hydrogens (tertiary/aromatic N) is 2. The molecule has 1 aromatic heterocycles. The Morgan fingerprint density at radius 3 is 2.36 bits per heavy atom. The van der Waals surface area contributed by atoms with Gasteiger partial charge in [-0.05, 0) is 12.3 Å². The van der Waals surface area contributed by atoms with Crippen LogP contribution >= 0.6 is 0 Å². The van der Waals surface area contributed by atoms with Crippen LogP contribution in [0.2, 0.25) is 0 Å². The molecule has 0 N–H and O–H groups in total. The predicted molar refractivity (Wildman–Crippen MR) is 56.2 cm³/mol. The first-order valence-electron chi connectivity index (χ1n) is 5.22. The van der Waals surface area contributed by atoms with E-state index in [0.717, 1.165) is 24.6 Å². The SMILES string of the molecule is CC(C)CCc1nc(C(C)(C)C)no1. The Balaban J connectivity index is 2.60. The van der Waals surface area contributed by atoms with E-state index in [9.17, 15) is 0 Å². The number of hydrogen-bond acceptors (Lipinski definition) is 3. The summed E-state index contributed by atoms with van der Waals surface area (Å²) in [6, 6.07) is 0. The molecule has 0 aliphatic carbocycles. The zero-order valence-electron chi connectivity index (χ0n) is 9.79. The van der Waals surface area contributed by atoms with Crippen LogP contribution in [0.25, 0.3) is 0 Å². The van der Waals surface area contributed by atoms with Gasteiger partial charge in [-0.1, -0.05) is 39.8 Å². The van der Waals surface area contributed by atoms with Gasteiger partial charge in [0, 0.05) is 11.8 Å². The smallest absolute Gasteiger partial charge is 0.226 e. The molecule has 0 aliphatic heterocycles. The molecule has 0 aliphatic rings. The summed E-state index contributed by atoms with van der Waals surface area (Å²) in [4.78, 5) is 4.38. The summed E-state index contributed by atoms with van der Waals surface area (Å²) in [7, 11) is 0. The van der Waals surface area contributed by atoms with Gasteiger partial charge in [0.2, 0.25) is 5.89 Å². The van der Waals surface area contributed by atoms with Gasteiger partial charge >= 0.3 is 0 Å². The van der Waals surface area contributed by atoms with Crippen LogP contribution in [-0.2, 0) is 11.8 Å². The molecule has 0 saturated carbocycles. The third-order valence-corrected chi connectivity index (χ3v) is 2.07. The van der Waals surface area contributed by atoms with Crippen molar-refractivity contribution in [3.8, 4) is 0 Å². The van der Waals surface area contributed by atoms with E-state index in [1.165, 1.54) is 0 Å². The second-order valence-corrected chi connectivity index (χ2v) is 5.19. The monoisotopic (exact) mass is 196 g/mol. The van der Waals surface area contributed by atoms with Crippen LogP contribution in [-0.4, -0.2) is 10.1 Å². The molecule has 0 amide bonds. The summed E-state index contributed by atoms with van der Waals surface area (Å²) in [6.45, 7) is 10.7. The molecule has 0 unspecified atom stereocenters. The summed E-state index contributed by atoms with van der Waals surface area (Å²) < 4.78 is 5.18. The van der Waals surface area contributed by atoms with E-state index in [-0.39, 0.29) is 5.41 Å². The molecule has 1 rings (SSSR count). The minimum atomic E-state index is -0.0143. The van der Waals surface area contributed by atoms with Gasteiger partial charge in [-0.25, -0.2) is 0 Å². The third-order valence-electron chi connectivity index (χ3n) is 2.07. The number of aryl methyl sites for hydroxylation is 1. The van der Waals surface area contributed by atoms with E-state index in [1.807, 2.05) is 0 Å². The molecule has 0 bridgehead atoms. The van der Waals surface area contributed by atoms with Crippen molar-refractivity contribution in [2.75, 3.05) is 0 Å². The number of rotatable bonds is 3. The highest BCUT2D eigenvalue weighted by Crippen LogP contribution is 2.19. The molecule has 80 valence electrons. The quantitative estimate of drug-likeness (QED) is 0.746. The normalized spacial score (nSPS) is 12.4. The van der Waals surface area contributed by atoms with Crippen LogP contribution in [0.5, 0.6) is 0 Å². The lowest BCUT2D eigenvalue weighted by Crippen LogP contribution is -2.13. The average Bonchev–Trinajstić information content (AvgIpc) is 2.47. The maximum Gasteiger partial charge on any atom is 0.226 e. The van der Waals surface area contributed by atoms with E-state index in [4.69, 9.17) is 4.52 Å². The van der Waals surface area contributed by atoms with E-state index in [0.29, 0.717) is 5.92 Å². The van der Waals surface area contributed by atoms with Gasteiger partial charge in [0.25, 0.3) is 0 Å². The summed E-state index contributed by atoms with van der Waals surface area (Å²) >= 11 is 0. The fourth-order valence-electron chi connectivity index (χ4n) is 1.07. The molecule has 3 nitrogen and oxygen atoms in total. The molecule has 0 radical (unpaired) electrons. The molecule has 0 spiro atoms. The van der Waals surface area contributed by atoms with Gasteiger partial charge in [0.1, 0.15) is 0 Å². The Morgan fingerprint density at radius 1 is 1.29 bits per heavy atom. The van der Waals surface area contributed by atoms with Crippen molar-refractivity contribution >= 4 is 0 Å². The van der Waals surface area contributed by atoms with E-state index in [1.54, 1.807) is 0 Å². The Morgan fingerprint density at radius 2 is 1.93 bits per heavy atom. The first-order valence-corrected chi connectivity index (χ1v) is 5.22. The lowest BCUT2D eigenvalue weighted by molar-refractivity contribution is 0.355. The molecular formula is C11H20N2O. The fraction of sp³-hybridized carbons (Fsp3) is 0.818. The van der Waals surface area contributed by atoms with Crippen LogP contribution in [0.15, 0.2) is 4.52 Å². The molecule has 1 heterocycles. The Bertz CT molecular complexity index is 284. The highest BCUT2D eigenvalue weighted by molar-refractivity contribution is 4.99. The minimum absolute atomic E-state index is 0.0143. The van der Waals surface area contributed by atoms with Crippen molar-refractivity contribution in [2.24, 2.45) is 5.92 Å². The van der Waals surface area contributed by atoms with Gasteiger partial charge in [-0.3, -0.25) is 0 Å². The second-order valence-electron chi connectivity index (χ2n) is 5.19. The average molecular weight is 196 g/mol. The second kappa shape index (κ2) is 4.11. The lowest BCUT2D eigenvalue weighted by atomic mass is 9.96. The first-order chi connectivity index (χ1) is 6.39. The first kappa shape index (κ1) is 11.2. The highest BCUT2D eigenvalue weighted by Gasteiger charge is 2.20. The van der Waals surface area contributed by atoms with Gasteiger partial charge in [-0.2, -0.15) is 4.98 Å².